The molecule has 2 heteroatoms. The molecule has 0 saturated carbocycles. The SMILES string of the molecule is CCCCC1CCc2ccc3c(c2N1)NC(CC)CC3. The van der Waals surface area contributed by atoms with E-state index in [1.165, 1.54) is 73.9 Å². The maximum absolute atomic E-state index is 3.84. The van der Waals surface area contributed by atoms with Gasteiger partial charge in [0.05, 0.1) is 11.4 Å². The standard InChI is InChI=1S/C18H28N2/c1-3-5-6-16-12-10-14-8-7-13-9-11-15(4-2)19-17(13)18(14)20-16/h7-8,15-16,19-20H,3-6,9-12H2,1-2H3. The highest BCUT2D eigenvalue weighted by atomic mass is 15.0. The molecule has 20 heavy (non-hydrogen) atoms. The Morgan fingerprint density at radius 3 is 2.15 bits per heavy atom. The lowest BCUT2D eigenvalue weighted by molar-refractivity contribution is 0.556. The summed E-state index contributed by atoms with van der Waals surface area (Å²) < 4.78 is 0. The van der Waals surface area contributed by atoms with E-state index in [1.807, 2.05) is 0 Å². The first-order valence-electron chi connectivity index (χ1n) is 8.49. The van der Waals surface area contributed by atoms with Gasteiger partial charge in [-0.2, -0.15) is 0 Å². The smallest absolute Gasteiger partial charge is 0.0613 e. The maximum atomic E-state index is 3.84. The van der Waals surface area contributed by atoms with E-state index in [0.717, 1.165) is 0 Å². The second-order valence-corrected chi connectivity index (χ2v) is 6.44. The number of rotatable bonds is 4. The second kappa shape index (κ2) is 6.07. The maximum Gasteiger partial charge on any atom is 0.0613 e. The molecule has 1 aromatic carbocycles. The summed E-state index contributed by atoms with van der Waals surface area (Å²) >= 11 is 0. The lowest BCUT2D eigenvalue weighted by Crippen LogP contribution is -2.30. The summed E-state index contributed by atoms with van der Waals surface area (Å²) in [5.74, 6) is 0. The van der Waals surface area contributed by atoms with E-state index in [0.29, 0.717) is 12.1 Å². The number of unbranched alkanes of at least 4 members (excludes halogenated alkanes) is 1. The van der Waals surface area contributed by atoms with Crippen LogP contribution in [0.25, 0.3) is 0 Å². The minimum absolute atomic E-state index is 0.659. The van der Waals surface area contributed by atoms with Crippen LogP contribution in [-0.4, -0.2) is 12.1 Å². The van der Waals surface area contributed by atoms with Crippen molar-refractivity contribution in [1.29, 1.82) is 0 Å². The Morgan fingerprint density at radius 1 is 0.950 bits per heavy atom. The van der Waals surface area contributed by atoms with Gasteiger partial charge in [0.25, 0.3) is 0 Å². The Kier molecular flexibility index (Phi) is 4.18. The second-order valence-electron chi connectivity index (χ2n) is 6.44. The lowest BCUT2D eigenvalue weighted by atomic mass is 9.89. The van der Waals surface area contributed by atoms with E-state index in [4.69, 9.17) is 0 Å². The van der Waals surface area contributed by atoms with E-state index in [9.17, 15) is 0 Å². The van der Waals surface area contributed by atoms with Crippen LogP contribution in [-0.2, 0) is 12.8 Å². The average molecular weight is 272 g/mol. The van der Waals surface area contributed by atoms with Gasteiger partial charge in [0.15, 0.2) is 0 Å². The van der Waals surface area contributed by atoms with Gasteiger partial charge in [0.1, 0.15) is 0 Å². The number of anilines is 2. The number of hydrogen-bond donors (Lipinski definition) is 2. The van der Waals surface area contributed by atoms with Crippen LogP contribution in [0.3, 0.4) is 0 Å². The minimum Gasteiger partial charge on any atom is -0.380 e. The van der Waals surface area contributed by atoms with Crippen LogP contribution in [0.2, 0.25) is 0 Å². The normalized spacial score (nSPS) is 24.3. The van der Waals surface area contributed by atoms with Crippen molar-refractivity contribution in [2.75, 3.05) is 10.6 Å². The van der Waals surface area contributed by atoms with Gasteiger partial charge >= 0.3 is 0 Å². The third-order valence-electron chi connectivity index (χ3n) is 5.00. The quantitative estimate of drug-likeness (QED) is 0.827. The highest BCUT2D eigenvalue weighted by Crippen LogP contribution is 2.39. The van der Waals surface area contributed by atoms with Crippen molar-refractivity contribution in [2.24, 2.45) is 0 Å². The Balaban J connectivity index is 1.84. The van der Waals surface area contributed by atoms with Crippen molar-refractivity contribution >= 4 is 11.4 Å². The lowest BCUT2D eigenvalue weighted by Gasteiger charge is -2.34. The fourth-order valence-electron chi connectivity index (χ4n) is 3.62. The van der Waals surface area contributed by atoms with E-state index in [1.54, 1.807) is 0 Å². The van der Waals surface area contributed by atoms with E-state index in [2.05, 4.69) is 36.6 Å². The summed E-state index contributed by atoms with van der Waals surface area (Å²) in [6.07, 6.45) is 10.2. The summed E-state index contributed by atoms with van der Waals surface area (Å²) in [5, 5.41) is 7.63. The Bertz CT molecular complexity index is 467. The monoisotopic (exact) mass is 272 g/mol. The van der Waals surface area contributed by atoms with Crippen LogP contribution in [0.5, 0.6) is 0 Å². The molecule has 2 nitrogen and oxygen atoms in total. The summed E-state index contributed by atoms with van der Waals surface area (Å²) in [7, 11) is 0. The Morgan fingerprint density at radius 2 is 1.55 bits per heavy atom. The highest BCUT2D eigenvalue weighted by molar-refractivity contribution is 5.78. The first kappa shape index (κ1) is 13.8. The topological polar surface area (TPSA) is 24.1 Å². The van der Waals surface area contributed by atoms with E-state index in [-0.39, 0.29) is 0 Å². The van der Waals surface area contributed by atoms with E-state index >= 15 is 0 Å². The molecule has 2 heterocycles. The minimum atomic E-state index is 0.659. The molecule has 2 N–H and O–H groups in total. The van der Waals surface area contributed by atoms with Crippen molar-refractivity contribution in [1.82, 2.24) is 0 Å². The number of hydrogen-bond acceptors (Lipinski definition) is 2. The van der Waals surface area contributed by atoms with Crippen molar-refractivity contribution in [3.05, 3.63) is 23.3 Å². The summed E-state index contributed by atoms with van der Waals surface area (Å²) in [6.45, 7) is 4.57. The van der Waals surface area contributed by atoms with Gasteiger partial charge in [0.2, 0.25) is 0 Å². The largest absolute Gasteiger partial charge is 0.380 e. The Hall–Kier alpha value is -1.18. The molecule has 0 aromatic heterocycles. The van der Waals surface area contributed by atoms with Gasteiger partial charge < -0.3 is 10.6 Å². The molecule has 2 aliphatic rings. The Labute approximate surface area is 123 Å². The average Bonchev–Trinajstić information content (AvgIpc) is 2.52. The van der Waals surface area contributed by atoms with Crippen molar-refractivity contribution in [3.63, 3.8) is 0 Å². The van der Waals surface area contributed by atoms with Crippen LogP contribution in [0.4, 0.5) is 11.4 Å². The molecular weight excluding hydrogens is 244 g/mol. The highest BCUT2D eigenvalue weighted by Gasteiger charge is 2.25. The number of aryl methyl sites for hydroxylation is 2. The number of nitrogens with one attached hydrogen (secondary N) is 2. The fourth-order valence-corrected chi connectivity index (χ4v) is 3.62. The van der Waals surface area contributed by atoms with Crippen molar-refractivity contribution in [3.8, 4) is 0 Å². The summed E-state index contributed by atoms with van der Waals surface area (Å²) in [6, 6.07) is 6.04. The fraction of sp³-hybridized carbons (Fsp3) is 0.667. The predicted octanol–water partition coefficient (Wildman–Crippen LogP) is 4.74. The van der Waals surface area contributed by atoms with Crippen molar-refractivity contribution in [2.45, 2.75) is 77.3 Å². The molecule has 0 fully saturated rings. The summed E-state index contributed by atoms with van der Waals surface area (Å²) in [5.41, 5.74) is 5.87. The van der Waals surface area contributed by atoms with Crippen LogP contribution >= 0.6 is 0 Å². The zero-order chi connectivity index (χ0) is 13.9. The van der Waals surface area contributed by atoms with Gasteiger partial charge in [-0.25, -0.2) is 0 Å². The van der Waals surface area contributed by atoms with Crippen LogP contribution in [0.1, 0.15) is 63.5 Å². The molecule has 0 radical (unpaired) electrons. The third kappa shape index (κ3) is 2.65. The van der Waals surface area contributed by atoms with E-state index < -0.39 is 0 Å². The van der Waals surface area contributed by atoms with Gasteiger partial charge in [-0.05, 0) is 49.7 Å². The molecule has 0 saturated heterocycles. The molecule has 2 atom stereocenters. The molecule has 110 valence electrons. The molecule has 1 aromatic rings. The molecule has 0 aliphatic carbocycles. The van der Waals surface area contributed by atoms with Gasteiger partial charge in [-0.1, -0.05) is 38.8 Å². The first-order chi connectivity index (χ1) is 9.81. The van der Waals surface area contributed by atoms with Gasteiger partial charge in [-0.15, -0.1) is 0 Å². The zero-order valence-electron chi connectivity index (χ0n) is 13.0. The van der Waals surface area contributed by atoms with Gasteiger partial charge in [0, 0.05) is 12.1 Å². The first-order valence-corrected chi connectivity index (χ1v) is 8.49. The number of fused-ring (bicyclic) bond motifs is 3. The third-order valence-corrected chi connectivity index (χ3v) is 5.00. The molecule has 2 aliphatic heterocycles. The molecule has 2 unspecified atom stereocenters. The number of benzene rings is 1. The molecule has 0 spiro atoms. The van der Waals surface area contributed by atoms with Crippen LogP contribution in [0, 0.1) is 0 Å². The van der Waals surface area contributed by atoms with Gasteiger partial charge in [-0.3, -0.25) is 0 Å². The van der Waals surface area contributed by atoms with Crippen LogP contribution in [0.15, 0.2) is 12.1 Å². The predicted molar refractivity (Wildman–Crippen MR) is 87.7 cm³/mol. The molecular formula is C18H28N2. The van der Waals surface area contributed by atoms with Crippen LogP contribution < -0.4 is 10.6 Å². The zero-order valence-corrected chi connectivity index (χ0v) is 13.0. The molecule has 0 bridgehead atoms. The summed E-state index contributed by atoms with van der Waals surface area (Å²) in [4.78, 5) is 0. The van der Waals surface area contributed by atoms with Crippen molar-refractivity contribution < 1.29 is 0 Å². The molecule has 0 amide bonds. The molecule has 3 rings (SSSR count).